The van der Waals surface area contributed by atoms with E-state index in [4.69, 9.17) is 4.55 Å². The van der Waals surface area contributed by atoms with E-state index in [9.17, 15) is 61.1 Å². The fourth-order valence-electron chi connectivity index (χ4n) is 2.66. The fraction of sp³-hybridized carbons (Fsp3) is 0.700. The molecular formula is C20H22F12O3S2. The summed E-state index contributed by atoms with van der Waals surface area (Å²) in [5.74, 6) is -31.5. The van der Waals surface area contributed by atoms with Gasteiger partial charge in [-0.15, -0.1) is 0 Å². The van der Waals surface area contributed by atoms with Crippen LogP contribution in [0, 0.1) is 0 Å². The van der Waals surface area contributed by atoms with Gasteiger partial charge in [0, 0.05) is 4.90 Å². The Bertz CT molecular complexity index is 1090. The molecule has 0 saturated carbocycles. The van der Waals surface area contributed by atoms with Crippen molar-refractivity contribution in [2.45, 2.75) is 91.5 Å². The molecule has 0 radical (unpaired) electrons. The number of hydrogen-bond donors (Lipinski definition) is 1. The first-order valence-electron chi connectivity index (χ1n) is 9.88. The van der Waals surface area contributed by atoms with E-state index >= 15 is 0 Å². The molecule has 0 aliphatic heterocycles. The molecule has 1 rings (SSSR count). The summed E-state index contributed by atoms with van der Waals surface area (Å²) >= 11 is -1.42. The lowest BCUT2D eigenvalue weighted by Gasteiger charge is -2.40. The third-order valence-corrected chi connectivity index (χ3v) is 7.01. The highest BCUT2D eigenvalue weighted by Crippen LogP contribution is 2.63. The van der Waals surface area contributed by atoms with Crippen molar-refractivity contribution in [2.24, 2.45) is 0 Å². The average molecular weight is 603 g/mol. The monoisotopic (exact) mass is 602 g/mol. The van der Waals surface area contributed by atoms with Gasteiger partial charge < -0.3 is 0 Å². The van der Waals surface area contributed by atoms with Crippen LogP contribution in [0.4, 0.5) is 52.7 Å². The molecule has 0 amide bonds. The van der Waals surface area contributed by atoms with Gasteiger partial charge in [-0.25, -0.2) is 0 Å². The van der Waals surface area contributed by atoms with Crippen molar-refractivity contribution in [1.82, 2.24) is 0 Å². The van der Waals surface area contributed by atoms with Crippen LogP contribution in [0.2, 0.25) is 0 Å². The summed E-state index contributed by atoms with van der Waals surface area (Å²) in [5.41, 5.74) is -1.26. The lowest BCUT2D eigenvalue weighted by Crippen LogP contribution is -2.71. The van der Waals surface area contributed by atoms with Crippen LogP contribution >= 0.6 is 11.8 Å². The van der Waals surface area contributed by atoms with Crippen LogP contribution in [0.3, 0.4) is 0 Å². The van der Waals surface area contributed by atoms with E-state index in [1.54, 1.807) is 41.5 Å². The molecule has 0 aliphatic rings. The highest BCUT2D eigenvalue weighted by Gasteiger charge is 2.92. The highest BCUT2D eigenvalue weighted by atomic mass is 32.2. The van der Waals surface area contributed by atoms with Crippen molar-refractivity contribution in [3.63, 3.8) is 0 Å². The molecule has 0 unspecified atom stereocenters. The zero-order valence-electron chi connectivity index (χ0n) is 19.8. The molecule has 1 N–H and O–H groups in total. The van der Waals surface area contributed by atoms with Gasteiger partial charge in [0.15, 0.2) is 0 Å². The van der Waals surface area contributed by atoms with Crippen molar-refractivity contribution in [1.29, 1.82) is 0 Å². The van der Waals surface area contributed by atoms with Crippen LogP contribution in [0.15, 0.2) is 23.1 Å². The lowest BCUT2D eigenvalue weighted by atomic mass is 9.81. The van der Waals surface area contributed by atoms with Gasteiger partial charge >= 0.3 is 44.3 Å². The number of alkyl halides is 12. The number of halogens is 12. The van der Waals surface area contributed by atoms with E-state index in [0.717, 1.165) is 12.1 Å². The van der Waals surface area contributed by atoms with Gasteiger partial charge in [0.25, 0.3) is 0 Å². The number of rotatable bonds is 8. The van der Waals surface area contributed by atoms with Crippen LogP contribution in [-0.4, -0.2) is 47.2 Å². The van der Waals surface area contributed by atoms with Crippen molar-refractivity contribution in [2.75, 3.05) is 0 Å². The van der Waals surface area contributed by atoms with Gasteiger partial charge in [-0.3, -0.25) is 4.55 Å². The molecule has 37 heavy (non-hydrogen) atoms. The van der Waals surface area contributed by atoms with Gasteiger partial charge in [-0.2, -0.15) is 61.1 Å². The van der Waals surface area contributed by atoms with Gasteiger partial charge in [0.05, 0.1) is 0 Å². The van der Waals surface area contributed by atoms with E-state index < -0.39 is 71.8 Å². The first kappa shape index (κ1) is 33.7. The minimum atomic E-state index is -8.11. The predicted octanol–water partition coefficient (Wildman–Crippen LogP) is 7.99. The molecule has 17 heteroatoms. The van der Waals surface area contributed by atoms with Crippen molar-refractivity contribution in [3.05, 3.63) is 29.3 Å². The summed E-state index contributed by atoms with van der Waals surface area (Å²) < 4.78 is 196. The largest absolute Gasteiger partial charge is 0.438 e. The summed E-state index contributed by atoms with van der Waals surface area (Å²) in [6, 6.07) is 3.14. The normalized spacial score (nSPS) is 15.8. The Morgan fingerprint density at radius 3 is 1.22 bits per heavy atom. The molecule has 0 saturated heterocycles. The van der Waals surface area contributed by atoms with E-state index in [-0.39, 0.29) is 11.1 Å². The maximum atomic E-state index is 14.5. The maximum absolute atomic E-state index is 14.5. The predicted molar refractivity (Wildman–Crippen MR) is 111 cm³/mol. The molecule has 0 spiro atoms. The summed E-state index contributed by atoms with van der Waals surface area (Å²) in [7, 11) is -7.60. The Kier molecular flexibility index (Phi) is 8.28. The molecule has 0 heterocycles. The molecule has 0 aromatic heterocycles. The second kappa shape index (κ2) is 9.10. The quantitative estimate of drug-likeness (QED) is 0.186. The number of benzene rings is 1. The first-order valence-corrected chi connectivity index (χ1v) is 12.1. The molecule has 3 nitrogen and oxygen atoms in total. The third kappa shape index (κ3) is 5.54. The Hall–Kier alpha value is -1.36. The molecular weight excluding hydrogens is 580 g/mol. The topological polar surface area (TPSA) is 54.4 Å². The molecule has 216 valence electrons. The zero-order chi connectivity index (χ0) is 30.1. The molecule has 0 bridgehead atoms. The summed E-state index contributed by atoms with van der Waals surface area (Å²) in [6.07, 6.45) is 0. The van der Waals surface area contributed by atoms with Crippen LogP contribution in [0.25, 0.3) is 0 Å². The molecule has 1 aromatic carbocycles. The van der Waals surface area contributed by atoms with Gasteiger partial charge in [-0.05, 0) is 45.9 Å². The molecule has 0 fully saturated rings. The summed E-state index contributed by atoms with van der Waals surface area (Å²) in [5, 5.41) is -13.8. The third-order valence-electron chi connectivity index (χ3n) is 5.12. The maximum Gasteiger partial charge on any atom is 0.438 e. The van der Waals surface area contributed by atoms with Gasteiger partial charge in [0.1, 0.15) is 0 Å². The molecule has 0 atom stereocenters. The Balaban J connectivity index is 3.72. The minimum absolute atomic E-state index is 0.206. The lowest BCUT2D eigenvalue weighted by molar-refractivity contribution is -0.406. The van der Waals surface area contributed by atoms with Crippen LogP contribution < -0.4 is 0 Å². The number of thioether (sulfide) groups is 1. The zero-order valence-corrected chi connectivity index (χ0v) is 21.5. The first-order chi connectivity index (χ1) is 15.8. The smallest absolute Gasteiger partial charge is 0.281 e. The van der Waals surface area contributed by atoms with E-state index in [1.165, 1.54) is 6.07 Å². The standard InChI is InChI=1S/C20H22F12O3S2/c1-13(2,3)10-7-11(14(4,5)6)9-12(8-10)36-19(29,30)17(25,26)15(21,22)16(23,24)18(27,28)20(31,32)37(33,34)35/h7-9H,1-6H3,(H,33,34,35). The van der Waals surface area contributed by atoms with E-state index in [1.807, 2.05) is 0 Å². The van der Waals surface area contributed by atoms with Crippen LogP contribution in [0.1, 0.15) is 52.7 Å². The minimum Gasteiger partial charge on any atom is -0.281 e. The molecule has 0 aliphatic carbocycles. The second-order valence-corrected chi connectivity index (χ2v) is 12.8. The van der Waals surface area contributed by atoms with Crippen molar-refractivity contribution < 1.29 is 65.7 Å². The summed E-state index contributed by atoms with van der Waals surface area (Å²) in [4.78, 5) is -0.879. The second-order valence-electron chi connectivity index (χ2n) is 10.2. The van der Waals surface area contributed by atoms with Crippen molar-refractivity contribution >= 4 is 21.9 Å². The Morgan fingerprint density at radius 1 is 0.595 bits per heavy atom. The van der Waals surface area contributed by atoms with Crippen molar-refractivity contribution in [3.8, 4) is 0 Å². The summed E-state index contributed by atoms with van der Waals surface area (Å²) in [6.45, 7) is 9.35. The Morgan fingerprint density at radius 2 is 0.919 bits per heavy atom. The van der Waals surface area contributed by atoms with Gasteiger partial charge in [-0.1, -0.05) is 47.6 Å². The van der Waals surface area contributed by atoms with Gasteiger partial charge in [0.2, 0.25) is 0 Å². The highest BCUT2D eigenvalue weighted by molar-refractivity contribution is 8.00. The fourth-order valence-corrected chi connectivity index (χ4v) is 4.03. The van der Waals surface area contributed by atoms with Crippen LogP contribution in [0.5, 0.6) is 0 Å². The SMILES string of the molecule is CC(C)(C)c1cc(SC(F)(F)C(F)(F)C(F)(F)C(F)(F)C(F)(F)C(F)(F)S(=O)(=O)O)cc(C(C)(C)C)c1. The average Bonchev–Trinajstić information content (AvgIpc) is 2.64. The van der Waals surface area contributed by atoms with Crippen LogP contribution in [-0.2, 0) is 20.9 Å². The van der Waals surface area contributed by atoms with E-state index in [0.29, 0.717) is 0 Å². The number of hydrogen-bond acceptors (Lipinski definition) is 3. The molecule has 1 aromatic rings. The Labute approximate surface area is 208 Å². The van der Waals surface area contributed by atoms with E-state index in [2.05, 4.69) is 0 Å².